The number of guanidine groups is 1. The van der Waals surface area contributed by atoms with Gasteiger partial charge in [0.15, 0.2) is 5.96 Å². The molecule has 148 valence electrons. The Bertz CT molecular complexity index is 826. The first-order valence-corrected chi connectivity index (χ1v) is 9.85. The van der Waals surface area contributed by atoms with Crippen molar-refractivity contribution in [2.24, 2.45) is 4.99 Å². The summed E-state index contributed by atoms with van der Waals surface area (Å²) in [4.78, 5) is 18.1. The number of amides is 1. The third kappa shape index (κ3) is 4.91. The van der Waals surface area contributed by atoms with Gasteiger partial charge in [-0.1, -0.05) is 42.5 Å². The third-order valence-corrected chi connectivity index (χ3v) is 5.34. The summed E-state index contributed by atoms with van der Waals surface area (Å²) >= 11 is 0. The number of hydrogen-bond donors (Lipinski definition) is 2. The van der Waals surface area contributed by atoms with Gasteiger partial charge in [0.25, 0.3) is 5.91 Å². The zero-order valence-corrected chi connectivity index (χ0v) is 17.0. The highest BCUT2D eigenvalue weighted by Crippen LogP contribution is 2.47. The quantitative estimate of drug-likeness (QED) is 0.575. The number of carbonyl (C=O) groups excluding carboxylic acids is 1. The molecule has 0 bridgehead atoms. The molecule has 3 rings (SSSR count). The standard InChI is InChI=1S/C23H30N4O/c1-24-22(26-17-23(13-14-23)20-10-5-4-6-11-20)25-15-12-18-8-7-9-19(16-18)21(28)27(2)3/h4-11,16H,12-15,17H2,1-3H3,(H2,24,25,26). The van der Waals surface area contributed by atoms with Gasteiger partial charge >= 0.3 is 0 Å². The van der Waals surface area contributed by atoms with Crippen LogP contribution in [-0.4, -0.2) is 51.0 Å². The van der Waals surface area contributed by atoms with Crippen molar-refractivity contribution in [1.29, 1.82) is 0 Å². The number of nitrogens with one attached hydrogen (secondary N) is 2. The summed E-state index contributed by atoms with van der Waals surface area (Å²) in [6.45, 7) is 1.65. The van der Waals surface area contributed by atoms with Crippen LogP contribution < -0.4 is 10.6 Å². The highest BCUT2D eigenvalue weighted by Gasteiger charge is 2.43. The van der Waals surface area contributed by atoms with E-state index in [0.29, 0.717) is 0 Å². The molecule has 0 aliphatic heterocycles. The zero-order valence-electron chi connectivity index (χ0n) is 17.0. The van der Waals surface area contributed by atoms with Gasteiger partial charge in [-0.05, 0) is 42.5 Å². The average Bonchev–Trinajstić information content (AvgIpc) is 3.52. The van der Waals surface area contributed by atoms with E-state index in [9.17, 15) is 4.79 Å². The summed E-state index contributed by atoms with van der Waals surface area (Å²) in [5, 5.41) is 6.86. The van der Waals surface area contributed by atoms with Crippen molar-refractivity contribution >= 4 is 11.9 Å². The summed E-state index contributed by atoms with van der Waals surface area (Å²) in [6.07, 6.45) is 3.26. The Hall–Kier alpha value is -2.82. The second kappa shape index (κ2) is 8.91. The van der Waals surface area contributed by atoms with Crippen LogP contribution in [0, 0.1) is 0 Å². The zero-order chi connectivity index (χ0) is 20.0. The lowest BCUT2D eigenvalue weighted by molar-refractivity contribution is 0.0827. The van der Waals surface area contributed by atoms with Crippen LogP contribution in [0.3, 0.4) is 0 Å². The molecule has 0 atom stereocenters. The minimum atomic E-state index is 0.0305. The Kier molecular flexibility index (Phi) is 6.34. The maximum Gasteiger partial charge on any atom is 0.253 e. The summed E-state index contributed by atoms with van der Waals surface area (Å²) in [6, 6.07) is 18.5. The van der Waals surface area contributed by atoms with E-state index < -0.39 is 0 Å². The normalized spacial score (nSPS) is 15.0. The van der Waals surface area contributed by atoms with Gasteiger partial charge in [0.05, 0.1) is 0 Å². The van der Waals surface area contributed by atoms with Gasteiger partial charge in [-0.2, -0.15) is 0 Å². The molecule has 1 aliphatic rings. The van der Waals surface area contributed by atoms with Crippen molar-refractivity contribution < 1.29 is 4.79 Å². The summed E-state index contributed by atoms with van der Waals surface area (Å²) in [5.74, 6) is 0.852. The Morgan fingerprint density at radius 3 is 2.46 bits per heavy atom. The molecule has 1 saturated carbocycles. The number of rotatable bonds is 7. The molecule has 5 nitrogen and oxygen atoms in total. The summed E-state index contributed by atoms with van der Waals surface area (Å²) in [7, 11) is 5.34. The number of benzene rings is 2. The Balaban J connectivity index is 1.49. The molecule has 28 heavy (non-hydrogen) atoms. The summed E-state index contributed by atoms with van der Waals surface area (Å²) < 4.78 is 0. The van der Waals surface area contributed by atoms with E-state index in [4.69, 9.17) is 0 Å². The Labute approximate surface area is 167 Å². The molecule has 0 aromatic heterocycles. The first kappa shape index (κ1) is 19.9. The fourth-order valence-corrected chi connectivity index (χ4v) is 3.43. The van der Waals surface area contributed by atoms with Gasteiger partial charge in [-0.15, -0.1) is 0 Å². The Morgan fingerprint density at radius 2 is 1.82 bits per heavy atom. The van der Waals surface area contributed by atoms with Crippen molar-refractivity contribution in [2.45, 2.75) is 24.7 Å². The topological polar surface area (TPSA) is 56.7 Å². The monoisotopic (exact) mass is 378 g/mol. The van der Waals surface area contributed by atoms with Crippen molar-refractivity contribution in [3.63, 3.8) is 0 Å². The number of nitrogens with zero attached hydrogens (tertiary/aromatic N) is 2. The van der Waals surface area contributed by atoms with E-state index in [1.807, 2.05) is 18.2 Å². The van der Waals surface area contributed by atoms with Crippen LogP contribution in [0.1, 0.15) is 34.3 Å². The predicted molar refractivity (Wildman–Crippen MR) is 115 cm³/mol. The molecule has 2 N–H and O–H groups in total. The lowest BCUT2D eigenvalue weighted by atomic mass is 9.96. The number of hydrogen-bond acceptors (Lipinski definition) is 2. The fraction of sp³-hybridized carbons (Fsp3) is 0.391. The van der Waals surface area contributed by atoms with Crippen molar-refractivity contribution in [1.82, 2.24) is 15.5 Å². The first-order chi connectivity index (χ1) is 13.5. The highest BCUT2D eigenvalue weighted by atomic mass is 16.2. The Morgan fingerprint density at radius 1 is 1.07 bits per heavy atom. The number of aliphatic imine (C=N–C) groups is 1. The smallest absolute Gasteiger partial charge is 0.253 e. The van der Waals surface area contributed by atoms with Crippen LogP contribution in [0.5, 0.6) is 0 Å². The molecular weight excluding hydrogens is 348 g/mol. The van der Waals surface area contributed by atoms with Crippen LogP contribution in [0.4, 0.5) is 0 Å². The van der Waals surface area contributed by atoms with Gasteiger partial charge in [0, 0.05) is 45.2 Å². The SMILES string of the molecule is CN=C(NCCc1cccc(C(=O)N(C)C)c1)NCC1(c2ccccc2)CC1. The maximum atomic E-state index is 12.1. The molecule has 1 aliphatic carbocycles. The molecule has 2 aromatic rings. The maximum absolute atomic E-state index is 12.1. The minimum absolute atomic E-state index is 0.0305. The van der Waals surface area contributed by atoms with Gasteiger partial charge in [-0.3, -0.25) is 9.79 Å². The van der Waals surface area contributed by atoms with Crippen LogP contribution in [0.2, 0.25) is 0 Å². The van der Waals surface area contributed by atoms with Crippen LogP contribution in [0.25, 0.3) is 0 Å². The van der Waals surface area contributed by atoms with E-state index in [-0.39, 0.29) is 11.3 Å². The van der Waals surface area contributed by atoms with Crippen LogP contribution in [0.15, 0.2) is 59.6 Å². The molecule has 0 heterocycles. The van der Waals surface area contributed by atoms with Gasteiger partial charge < -0.3 is 15.5 Å². The second-order valence-electron chi connectivity index (χ2n) is 7.65. The van der Waals surface area contributed by atoms with E-state index in [0.717, 1.165) is 36.6 Å². The van der Waals surface area contributed by atoms with Crippen molar-refractivity contribution in [2.75, 3.05) is 34.2 Å². The van der Waals surface area contributed by atoms with E-state index in [1.54, 1.807) is 26.0 Å². The van der Waals surface area contributed by atoms with E-state index in [1.165, 1.54) is 18.4 Å². The molecular formula is C23H30N4O. The first-order valence-electron chi connectivity index (χ1n) is 9.85. The van der Waals surface area contributed by atoms with Crippen LogP contribution in [-0.2, 0) is 11.8 Å². The molecule has 5 heteroatoms. The van der Waals surface area contributed by atoms with Crippen molar-refractivity contribution in [3.8, 4) is 0 Å². The summed E-state index contributed by atoms with van der Waals surface area (Å²) in [5.41, 5.74) is 3.52. The van der Waals surface area contributed by atoms with Crippen LogP contribution >= 0.6 is 0 Å². The molecule has 2 aromatic carbocycles. The lowest BCUT2D eigenvalue weighted by Gasteiger charge is -2.19. The molecule has 0 radical (unpaired) electrons. The molecule has 1 amide bonds. The van der Waals surface area contributed by atoms with Gasteiger partial charge in [0.1, 0.15) is 0 Å². The lowest BCUT2D eigenvalue weighted by Crippen LogP contribution is -2.42. The highest BCUT2D eigenvalue weighted by molar-refractivity contribution is 5.94. The van der Waals surface area contributed by atoms with E-state index >= 15 is 0 Å². The number of carbonyl (C=O) groups is 1. The van der Waals surface area contributed by atoms with Gasteiger partial charge in [0.2, 0.25) is 0 Å². The largest absolute Gasteiger partial charge is 0.356 e. The van der Waals surface area contributed by atoms with E-state index in [2.05, 4.69) is 52.0 Å². The average molecular weight is 379 g/mol. The van der Waals surface area contributed by atoms with Crippen molar-refractivity contribution in [3.05, 3.63) is 71.3 Å². The molecule has 0 unspecified atom stereocenters. The molecule has 1 fully saturated rings. The molecule has 0 saturated heterocycles. The second-order valence-corrected chi connectivity index (χ2v) is 7.65. The predicted octanol–water partition coefficient (Wildman–Crippen LogP) is 2.83. The fourth-order valence-electron chi connectivity index (χ4n) is 3.43. The minimum Gasteiger partial charge on any atom is -0.356 e. The third-order valence-electron chi connectivity index (χ3n) is 5.34. The molecule has 0 spiro atoms. The van der Waals surface area contributed by atoms with Gasteiger partial charge in [-0.25, -0.2) is 0 Å².